The molecular formula is C14H23N3O. The van der Waals surface area contributed by atoms with E-state index in [0.29, 0.717) is 0 Å². The normalized spacial score (nSPS) is 17.2. The van der Waals surface area contributed by atoms with Gasteiger partial charge in [0.15, 0.2) is 0 Å². The lowest BCUT2D eigenvalue weighted by Gasteiger charge is -2.24. The summed E-state index contributed by atoms with van der Waals surface area (Å²) in [6.07, 6.45) is 7.39. The molecule has 1 atom stereocenters. The van der Waals surface area contributed by atoms with Crippen molar-refractivity contribution in [3.8, 4) is 0 Å². The summed E-state index contributed by atoms with van der Waals surface area (Å²) >= 11 is 0. The quantitative estimate of drug-likeness (QED) is 0.871. The van der Waals surface area contributed by atoms with Gasteiger partial charge in [0.1, 0.15) is 0 Å². The van der Waals surface area contributed by atoms with Crippen LogP contribution in [0.3, 0.4) is 0 Å². The maximum absolute atomic E-state index is 5.48. The molecular weight excluding hydrogens is 226 g/mol. The Bertz CT molecular complexity index is 423. The van der Waals surface area contributed by atoms with E-state index in [9.17, 15) is 0 Å². The summed E-state index contributed by atoms with van der Waals surface area (Å²) in [4.78, 5) is 0. The number of hydrogen-bond donors (Lipinski definition) is 1. The molecule has 0 fully saturated rings. The van der Waals surface area contributed by atoms with Gasteiger partial charge in [-0.25, -0.2) is 0 Å². The Morgan fingerprint density at radius 2 is 2.39 bits per heavy atom. The van der Waals surface area contributed by atoms with Gasteiger partial charge in [0.05, 0.1) is 24.6 Å². The third kappa shape index (κ3) is 2.93. The standard InChI is InChI=1S/C14H23N3O/c1-4-7-15-14(12-6-5-8-18-10-12)13-9-17(3)16-11(13)2/h9-10,14-15H,4-8H2,1-3H3. The van der Waals surface area contributed by atoms with Crippen LogP contribution in [0.15, 0.2) is 18.0 Å². The number of ether oxygens (including phenoxy) is 1. The van der Waals surface area contributed by atoms with Crippen LogP contribution in [0.25, 0.3) is 0 Å². The zero-order valence-electron chi connectivity index (χ0n) is 11.6. The molecule has 4 nitrogen and oxygen atoms in total. The first-order valence-electron chi connectivity index (χ1n) is 6.76. The number of aromatic nitrogens is 2. The highest BCUT2D eigenvalue weighted by atomic mass is 16.5. The smallest absolute Gasteiger partial charge is 0.0876 e. The van der Waals surface area contributed by atoms with Crippen molar-refractivity contribution >= 4 is 0 Å². The van der Waals surface area contributed by atoms with Crippen LogP contribution < -0.4 is 5.32 Å². The summed E-state index contributed by atoms with van der Waals surface area (Å²) in [6.45, 7) is 6.11. The third-order valence-electron chi connectivity index (χ3n) is 3.29. The molecule has 18 heavy (non-hydrogen) atoms. The lowest BCUT2D eigenvalue weighted by Crippen LogP contribution is -2.25. The van der Waals surface area contributed by atoms with Crippen molar-refractivity contribution in [1.29, 1.82) is 0 Å². The maximum atomic E-state index is 5.48. The molecule has 0 radical (unpaired) electrons. The van der Waals surface area contributed by atoms with Crippen LogP contribution >= 0.6 is 0 Å². The number of aryl methyl sites for hydroxylation is 2. The first-order chi connectivity index (χ1) is 8.72. The Hall–Kier alpha value is -1.29. The van der Waals surface area contributed by atoms with Crippen LogP contribution in [-0.4, -0.2) is 22.9 Å². The second kappa shape index (κ2) is 6.05. The molecule has 1 aliphatic rings. The predicted octanol–water partition coefficient (Wildman–Crippen LogP) is 2.46. The van der Waals surface area contributed by atoms with Crippen molar-refractivity contribution in [2.24, 2.45) is 7.05 Å². The molecule has 1 aromatic heterocycles. The van der Waals surface area contributed by atoms with Crippen LogP contribution in [-0.2, 0) is 11.8 Å². The molecule has 0 saturated heterocycles. The van der Waals surface area contributed by atoms with Crippen molar-refractivity contribution in [1.82, 2.24) is 15.1 Å². The Balaban J connectivity index is 2.23. The molecule has 0 spiro atoms. The fraction of sp³-hybridized carbons (Fsp3) is 0.643. The van der Waals surface area contributed by atoms with Gasteiger partial charge in [-0.05, 0) is 38.3 Å². The predicted molar refractivity (Wildman–Crippen MR) is 72.2 cm³/mol. The van der Waals surface area contributed by atoms with E-state index in [1.54, 1.807) is 0 Å². The van der Waals surface area contributed by atoms with E-state index in [-0.39, 0.29) is 6.04 Å². The van der Waals surface area contributed by atoms with Gasteiger partial charge in [-0.15, -0.1) is 0 Å². The van der Waals surface area contributed by atoms with E-state index in [0.717, 1.165) is 38.1 Å². The van der Waals surface area contributed by atoms with Crippen LogP contribution in [0.2, 0.25) is 0 Å². The van der Waals surface area contributed by atoms with Crippen molar-refractivity contribution in [2.75, 3.05) is 13.2 Å². The van der Waals surface area contributed by atoms with Crippen LogP contribution in [0, 0.1) is 6.92 Å². The first kappa shape index (κ1) is 13.1. The van der Waals surface area contributed by atoms with Crippen LogP contribution in [0.5, 0.6) is 0 Å². The highest BCUT2D eigenvalue weighted by Gasteiger charge is 2.21. The fourth-order valence-electron chi connectivity index (χ4n) is 2.43. The SMILES string of the molecule is CCCNC(C1=COCCC1)c1cn(C)nc1C. The Labute approximate surface area is 109 Å². The van der Waals surface area contributed by atoms with Crippen LogP contribution in [0.1, 0.15) is 43.5 Å². The molecule has 1 aromatic rings. The van der Waals surface area contributed by atoms with E-state index in [1.807, 2.05) is 18.0 Å². The minimum Gasteiger partial charge on any atom is -0.501 e. The molecule has 0 amide bonds. The highest BCUT2D eigenvalue weighted by molar-refractivity contribution is 5.29. The minimum atomic E-state index is 0.249. The van der Waals surface area contributed by atoms with E-state index in [1.165, 1.54) is 11.1 Å². The van der Waals surface area contributed by atoms with E-state index in [4.69, 9.17) is 4.74 Å². The van der Waals surface area contributed by atoms with E-state index in [2.05, 4.69) is 30.5 Å². The lowest BCUT2D eigenvalue weighted by atomic mass is 9.95. The largest absolute Gasteiger partial charge is 0.501 e. The molecule has 0 bridgehead atoms. The van der Waals surface area contributed by atoms with Gasteiger partial charge in [0, 0.05) is 18.8 Å². The third-order valence-corrected chi connectivity index (χ3v) is 3.29. The van der Waals surface area contributed by atoms with Gasteiger partial charge in [-0.1, -0.05) is 6.92 Å². The summed E-state index contributed by atoms with van der Waals surface area (Å²) in [5.41, 5.74) is 3.70. The number of rotatable bonds is 5. The average Bonchev–Trinajstić information content (AvgIpc) is 2.70. The Kier molecular flexibility index (Phi) is 4.42. The molecule has 1 unspecified atom stereocenters. The average molecular weight is 249 g/mol. The maximum Gasteiger partial charge on any atom is 0.0876 e. The van der Waals surface area contributed by atoms with E-state index >= 15 is 0 Å². The van der Waals surface area contributed by atoms with Gasteiger partial charge < -0.3 is 10.1 Å². The van der Waals surface area contributed by atoms with E-state index < -0.39 is 0 Å². The molecule has 2 heterocycles. The molecule has 0 aromatic carbocycles. The van der Waals surface area contributed by atoms with Crippen molar-refractivity contribution in [2.45, 2.75) is 39.2 Å². The molecule has 100 valence electrons. The second-order valence-electron chi connectivity index (χ2n) is 4.90. The fourth-order valence-corrected chi connectivity index (χ4v) is 2.43. The monoisotopic (exact) mass is 249 g/mol. The van der Waals surface area contributed by atoms with Gasteiger partial charge >= 0.3 is 0 Å². The number of nitrogens with one attached hydrogen (secondary N) is 1. The lowest BCUT2D eigenvalue weighted by molar-refractivity contribution is 0.219. The molecule has 2 rings (SSSR count). The zero-order chi connectivity index (χ0) is 13.0. The molecule has 0 saturated carbocycles. The van der Waals surface area contributed by atoms with Gasteiger partial charge in [0.2, 0.25) is 0 Å². The number of hydrogen-bond acceptors (Lipinski definition) is 3. The summed E-state index contributed by atoms with van der Waals surface area (Å²) in [7, 11) is 1.97. The number of nitrogens with zero attached hydrogens (tertiary/aromatic N) is 2. The van der Waals surface area contributed by atoms with Gasteiger partial charge in [-0.3, -0.25) is 4.68 Å². The minimum absolute atomic E-state index is 0.249. The zero-order valence-corrected chi connectivity index (χ0v) is 11.6. The van der Waals surface area contributed by atoms with Crippen molar-refractivity contribution in [3.63, 3.8) is 0 Å². The topological polar surface area (TPSA) is 39.1 Å². The molecule has 4 heteroatoms. The van der Waals surface area contributed by atoms with Gasteiger partial charge in [0.25, 0.3) is 0 Å². The summed E-state index contributed by atoms with van der Waals surface area (Å²) in [6, 6.07) is 0.249. The highest BCUT2D eigenvalue weighted by Crippen LogP contribution is 2.29. The Morgan fingerprint density at radius 3 is 2.94 bits per heavy atom. The van der Waals surface area contributed by atoms with Crippen molar-refractivity contribution in [3.05, 3.63) is 29.3 Å². The first-order valence-corrected chi connectivity index (χ1v) is 6.76. The summed E-state index contributed by atoms with van der Waals surface area (Å²) in [5.74, 6) is 0. The van der Waals surface area contributed by atoms with Crippen molar-refractivity contribution < 1.29 is 4.74 Å². The molecule has 0 aliphatic carbocycles. The molecule has 1 aliphatic heterocycles. The molecule has 1 N–H and O–H groups in total. The second-order valence-corrected chi connectivity index (χ2v) is 4.90. The summed E-state index contributed by atoms with van der Waals surface area (Å²) in [5, 5.41) is 8.05. The summed E-state index contributed by atoms with van der Waals surface area (Å²) < 4.78 is 7.37. The van der Waals surface area contributed by atoms with Gasteiger partial charge in [-0.2, -0.15) is 5.10 Å². The Morgan fingerprint density at radius 1 is 1.56 bits per heavy atom. The van der Waals surface area contributed by atoms with Crippen LogP contribution in [0.4, 0.5) is 0 Å².